The number of aliphatic hydroxyl groups is 1. The Hall–Kier alpha value is -1.55. The van der Waals surface area contributed by atoms with Gasteiger partial charge in [0.25, 0.3) is 0 Å². The van der Waals surface area contributed by atoms with Crippen LogP contribution in [0.5, 0.6) is 5.75 Å². The maximum Gasteiger partial charge on any atom is 0.223 e. The zero-order valence-corrected chi connectivity index (χ0v) is 12.0. The van der Waals surface area contributed by atoms with E-state index >= 15 is 0 Å². The van der Waals surface area contributed by atoms with Crippen molar-refractivity contribution in [1.29, 1.82) is 0 Å². The van der Waals surface area contributed by atoms with E-state index in [0.717, 1.165) is 24.2 Å². The highest BCUT2D eigenvalue weighted by molar-refractivity contribution is 5.77. The number of methoxy groups -OCH3 is 1. The second-order valence-electron chi connectivity index (χ2n) is 5.21. The summed E-state index contributed by atoms with van der Waals surface area (Å²) >= 11 is 0. The second kappa shape index (κ2) is 7.29. The summed E-state index contributed by atoms with van der Waals surface area (Å²) in [6.07, 6.45) is 4.47. The van der Waals surface area contributed by atoms with Crippen molar-refractivity contribution in [3.05, 3.63) is 29.8 Å². The highest BCUT2D eigenvalue weighted by Crippen LogP contribution is 2.26. The van der Waals surface area contributed by atoms with Crippen molar-refractivity contribution in [2.45, 2.75) is 38.1 Å². The van der Waals surface area contributed by atoms with Gasteiger partial charge in [-0.15, -0.1) is 0 Å². The number of hydrogen-bond acceptors (Lipinski definition) is 3. The number of rotatable bonds is 7. The van der Waals surface area contributed by atoms with Gasteiger partial charge in [0.2, 0.25) is 5.91 Å². The first-order chi connectivity index (χ1) is 9.76. The van der Waals surface area contributed by atoms with Gasteiger partial charge in [-0.05, 0) is 37.3 Å². The first-order valence-electron chi connectivity index (χ1n) is 7.28. The summed E-state index contributed by atoms with van der Waals surface area (Å²) in [5.74, 6) is 0.965. The molecule has 0 heterocycles. The molecule has 1 aliphatic carbocycles. The van der Waals surface area contributed by atoms with Gasteiger partial charge in [-0.2, -0.15) is 0 Å². The highest BCUT2D eigenvalue weighted by Gasteiger charge is 2.27. The SMILES string of the molecule is COc1ccccc1CCC(=O)N(CCO)C1CCC1. The van der Waals surface area contributed by atoms with Crippen LogP contribution < -0.4 is 4.74 Å². The Kier molecular flexibility index (Phi) is 5.41. The third-order valence-electron chi connectivity index (χ3n) is 3.98. The lowest BCUT2D eigenvalue weighted by atomic mass is 9.91. The van der Waals surface area contributed by atoms with Crippen LogP contribution >= 0.6 is 0 Å². The number of nitrogens with zero attached hydrogens (tertiary/aromatic N) is 1. The average Bonchev–Trinajstić information content (AvgIpc) is 2.42. The Morgan fingerprint density at radius 3 is 2.75 bits per heavy atom. The number of aliphatic hydroxyl groups excluding tert-OH is 1. The number of hydrogen-bond donors (Lipinski definition) is 1. The number of amides is 1. The highest BCUT2D eigenvalue weighted by atomic mass is 16.5. The summed E-state index contributed by atoms with van der Waals surface area (Å²) in [6.45, 7) is 0.492. The molecule has 20 heavy (non-hydrogen) atoms. The lowest BCUT2D eigenvalue weighted by Gasteiger charge is -2.37. The predicted molar refractivity (Wildman–Crippen MR) is 77.8 cm³/mol. The fourth-order valence-electron chi connectivity index (χ4n) is 2.61. The minimum absolute atomic E-state index is 0.0386. The van der Waals surface area contributed by atoms with E-state index in [-0.39, 0.29) is 12.5 Å². The Morgan fingerprint density at radius 2 is 2.15 bits per heavy atom. The predicted octanol–water partition coefficient (Wildman–Crippen LogP) is 2.00. The fourth-order valence-corrected chi connectivity index (χ4v) is 2.61. The van der Waals surface area contributed by atoms with Crippen molar-refractivity contribution in [1.82, 2.24) is 4.90 Å². The fraction of sp³-hybridized carbons (Fsp3) is 0.562. The molecule has 0 aliphatic heterocycles. The molecule has 0 atom stereocenters. The third-order valence-corrected chi connectivity index (χ3v) is 3.98. The molecule has 1 aromatic rings. The van der Waals surface area contributed by atoms with Crippen LogP contribution in [0.4, 0.5) is 0 Å². The van der Waals surface area contributed by atoms with Crippen molar-refractivity contribution in [3.63, 3.8) is 0 Å². The number of para-hydroxylation sites is 1. The average molecular weight is 277 g/mol. The minimum Gasteiger partial charge on any atom is -0.496 e. The van der Waals surface area contributed by atoms with Gasteiger partial charge in [0.05, 0.1) is 13.7 Å². The number of carbonyl (C=O) groups is 1. The first kappa shape index (κ1) is 14.9. The van der Waals surface area contributed by atoms with Crippen LogP contribution in [0.3, 0.4) is 0 Å². The largest absolute Gasteiger partial charge is 0.496 e. The lowest BCUT2D eigenvalue weighted by molar-refractivity contribution is -0.135. The number of benzene rings is 1. The van der Waals surface area contributed by atoms with E-state index in [0.29, 0.717) is 25.4 Å². The van der Waals surface area contributed by atoms with Crippen molar-refractivity contribution in [2.24, 2.45) is 0 Å². The Morgan fingerprint density at radius 1 is 1.40 bits per heavy atom. The molecular formula is C16H23NO3. The standard InChI is InChI=1S/C16H23NO3/c1-20-15-8-3-2-5-13(15)9-10-16(19)17(11-12-18)14-6-4-7-14/h2-3,5,8,14,18H,4,6-7,9-12H2,1H3. The van der Waals surface area contributed by atoms with Gasteiger partial charge < -0.3 is 14.7 Å². The number of ether oxygens (including phenoxy) is 1. The molecule has 0 spiro atoms. The summed E-state index contributed by atoms with van der Waals surface area (Å²) in [5, 5.41) is 9.11. The van der Waals surface area contributed by atoms with E-state index in [4.69, 9.17) is 9.84 Å². The third kappa shape index (κ3) is 3.51. The van der Waals surface area contributed by atoms with Crippen molar-refractivity contribution in [3.8, 4) is 5.75 Å². The molecule has 1 saturated carbocycles. The van der Waals surface area contributed by atoms with Crippen LogP contribution in [0.15, 0.2) is 24.3 Å². The minimum atomic E-state index is 0.0386. The van der Waals surface area contributed by atoms with Gasteiger partial charge in [0.15, 0.2) is 0 Å². The van der Waals surface area contributed by atoms with Crippen LogP contribution in [0.25, 0.3) is 0 Å². The molecule has 2 rings (SSSR count). The van der Waals surface area contributed by atoms with E-state index in [1.807, 2.05) is 29.2 Å². The van der Waals surface area contributed by atoms with E-state index in [2.05, 4.69) is 0 Å². The second-order valence-corrected chi connectivity index (χ2v) is 5.21. The van der Waals surface area contributed by atoms with Gasteiger partial charge in [-0.1, -0.05) is 18.2 Å². The Labute approximate surface area is 120 Å². The molecule has 0 unspecified atom stereocenters. The van der Waals surface area contributed by atoms with Gasteiger partial charge in [-0.25, -0.2) is 0 Å². The van der Waals surface area contributed by atoms with Gasteiger partial charge in [0.1, 0.15) is 5.75 Å². The summed E-state index contributed by atoms with van der Waals surface area (Å²) in [5.41, 5.74) is 1.06. The Bertz CT molecular complexity index is 443. The summed E-state index contributed by atoms with van der Waals surface area (Å²) < 4.78 is 5.30. The zero-order valence-electron chi connectivity index (χ0n) is 12.0. The van der Waals surface area contributed by atoms with E-state index in [9.17, 15) is 4.79 Å². The lowest BCUT2D eigenvalue weighted by Crippen LogP contribution is -2.45. The topological polar surface area (TPSA) is 49.8 Å². The van der Waals surface area contributed by atoms with Crippen LogP contribution in [0.1, 0.15) is 31.2 Å². The summed E-state index contributed by atoms with van der Waals surface area (Å²) in [4.78, 5) is 14.2. The molecule has 0 radical (unpaired) electrons. The molecule has 1 aromatic carbocycles. The maximum absolute atomic E-state index is 12.3. The molecule has 1 N–H and O–H groups in total. The molecular weight excluding hydrogens is 254 g/mol. The number of carbonyl (C=O) groups excluding carboxylic acids is 1. The van der Waals surface area contributed by atoms with Crippen molar-refractivity contribution < 1.29 is 14.6 Å². The molecule has 0 bridgehead atoms. The first-order valence-corrected chi connectivity index (χ1v) is 7.28. The quantitative estimate of drug-likeness (QED) is 0.829. The molecule has 4 heteroatoms. The maximum atomic E-state index is 12.3. The van der Waals surface area contributed by atoms with Crippen molar-refractivity contribution >= 4 is 5.91 Å². The zero-order chi connectivity index (χ0) is 14.4. The number of aryl methyl sites for hydroxylation is 1. The monoisotopic (exact) mass is 277 g/mol. The molecule has 0 saturated heterocycles. The van der Waals surface area contributed by atoms with E-state index < -0.39 is 0 Å². The van der Waals surface area contributed by atoms with Gasteiger partial charge in [0, 0.05) is 19.0 Å². The van der Waals surface area contributed by atoms with Crippen LogP contribution in [-0.2, 0) is 11.2 Å². The summed E-state index contributed by atoms with van der Waals surface area (Å²) in [6, 6.07) is 8.13. The Balaban J connectivity index is 1.92. The van der Waals surface area contributed by atoms with E-state index in [1.165, 1.54) is 6.42 Å². The normalized spacial score (nSPS) is 14.7. The molecule has 4 nitrogen and oxygen atoms in total. The molecule has 110 valence electrons. The van der Waals surface area contributed by atoms with Crippen LogP contribution in [0.2, 0.25) is 0 Å². The van der Waals surface area contributed by atoms with Gasteiger partial charge in [-0.3, -0.25) is 4.79 Å². The summed E-state index contributed by atoms with van der Waals surface area (Å²) in [7, 11) is 1.65. The molecule has 1 fully saturated rings. The van der Waals surface area contributed by atoms with Gasteiger partial charge >= 0.3 is 0 Å². The molecule has 1 aliphatic rings. The molecule has 0 aromatic heterocycles. The smallest absolute Gasteiger partial charge is 0.223 e. The van der Waals surface area contributed by atoms with Crippen molar-refractivity contribution in [2.75, 3.05) is 20.3 Å². The van der Waals surface area contributed by atoms with Crippen LogP contribution in [0, 0.1) is 0 Å². The van der Waals surface area contributed by atoms with E-state index in [1.54, 1.807) is 7.11 Å². The van der Waals surface area contributed by atoms with Crippen LogP contribution in [-0.4, -0.2) is 42.2 Å². The molecule has 1 amide bonds.